The molecule has 0 aromatic heterocycles. The molecular formula is C6H7F3OS. The highest BCUT2D eigenvalue weighted by Crippen LogP contribution is 2.36. The molecule has 1 saturated heterocycles. The summed E-state index contributed by atoms with van der Waals surface area (Å²) in [6, 6.07) is 0. The van der Waals surface area contributed by atoms with Gasteiger partial charge in [0.2, 0.25) is 0 Å². The second-order valence-corrected chi connectivity index (χ2v) is 3.70. The molecule has 0 amide bonds. The van der Waals surface area contributed by atoms with Crippen molar-refractivity contribution in [1.82, 2.24) is 0 Å². The third-order valence-electron chi connectivity index (χ3n) is 1.48. The van der Waals surface area contributed by atoms with Gasteiger partial charge in [-0.25, -0.2) is 0 Å². The molecule has 1 nitrogen and oxygen atoms in total. The summed E-state index contributed by atoms with van der Waals surface area (Å²) < 4.78 is 35.8. The van der Waals surface area contributed by atoms with Crippen molar-refractivity contribution in [3.63, 3.8) is 0 Å². The van der Waals surface area contributed by atoms with Crippen LogP contribution in [0.5, 0.6) is 0 Å². The van der Waals surface area contributed by atoms with E-state index in [1.807, 2.05) is 0 Å². The second kappa shape index (κ2) is 3.05. The fourth-order valence-electron chi connectivity index (χ4n) is 0.893. The maximum absolute atomic E-state index is 11.9. The highest BCUT2D eigenvalue weighted by Gasteiger charge is 2.42. The molecule has 11 heavy (non-hydrogen) atoms. The van der Waals surface area contributed by atoms with Gasteiger partial charge in [0.1, 0.15) is 11.0 Å². The number of rotatable bonds is 0. The lowest BCUT2D eigenvalue weighted by molar-refractivity contribution is -0.139. The Morgan fingerprint density at radius 3 is 2.45 bits per heavy atom. The number of carbonyl (C=O) groups is 1. The summed E-state index contributed by atoms with van der Waals surface area (Å²) in [4.78, 5) is 10.6. The van der Waals surface area contributed by atoms with Crippen molar-refractivity contribution < 1.29 is 18.0 Å². The van der Waals surface area contributed by atoms with Gasteiger partial charge in [-0.05, 0) is 0 Å². The molecule has 0 aliphatic carbocycles. The minimum absolute atomic E-state index is 0.272. The molecule has 0 N–H and O–H groups in total. The minimum atomic E-state index is -4.21. The van der Waals surface area contributed by atoms with Gasteiger partial charge in [-0.2, -0.15) is 13.2 Å². The van der Waals surface area contributed by atoms with Crippen molar-refractivity contribution in [3.05, 3.63) is 0 Å². The van der Waals surface area contributed by atoms with Crippen LogP contribution in [0.3, 0.4) is 0 Å². The fraction of sp³-hybridized carbons (Fsp3) is 0.833. The monoisotopic (exact) mass is 184 g/mol. The van der Waals surface area contributed by atoms with Gasteiger partial charge in [0.15, 0.2) is 0 Å². The van der Waals surface area contributed by atoms with Gasteiger partial charge in [0, 0.05) is 18.6 Å². The zero-order chi connectivity index (χ0) is 8.48. The molecule has 0 bridgehead atoms. The van der Waals surface area contributed by atoms with E-state index in [-0.39, 0.29) is 18.6 Å². The van der Waals surface area contributed by atoms with Gasteiger partial charge in [0.25, 0.3) is 0 Å². The SMILES string of the molecule is O=C1CCSC(C(F)(F)F)C1. The first kappa shape index (κ1) is 8.90. The average Bonchev–Trinajstić information content (AvgIpc) is 1.86. The van der Waals surface area contributed by atoms with Crippen molar-refractivity contribution >= 4 is 17.5 Å². The number of hydrogen-bond donors (Lipinski definition) is 0. The summed E-state index contributed by atoms with van der Waals surface area (Å²) in [7, 11) is 0. The standard InChI is InChI=1S/C6H7F3OS/c7-6(8,9)5-3-4(10)1-2-11-5/h5H,1-3H2. The first-order chi connectivity index (χ1) is 5.00. The molecule has 0 aromatic carbocycles. The molecule has 0 saturated carbocycles. The largest absolute Gasteiger partial charge is 0.400 e. The fourth-order valence-corrected chi connectivity index (χ4v) is 2.02. The zero-order valence-corrected chi connectivity index (χ0v) is 6.47. The van der Waals surface area contributed by atoms with E-state index in [9.17, 15) is 18.0 Å². The molecular weight excluding hydrogens is 177 g/mol. The van der Waals surface area contributed by atoms with Gasteiger partial charge in [0.05, 0.1) is 0 Å². The predicted molar refractivity (Wildman–Crippen MR) is 36.5 cm³/mol. The number of thioether (sulfide) groups is 1. The van der Waals surface area contributed by atoms with Crippen LogP contribution in [0.2, 0.25) is 0 Å². The van der Waals surface area contributed by atoms with Gasteiger partial charge >= 0.3 is 6.18 Å². The maximum Gasteiger partial charge on any atom is 0.400 e. The third-order valence-corrected chi connectivity index (χ3v) is 2.75. The van der Waals surface area contributed by atoms with E-state index in [1.165, 1.54) is 0 Å². The Morgan fingerprint density at radius 2 is 2.09 bits per heavy atom. The van der Waals surface area contributed by atoms with Crippen LogP contribution in [0.25, 0.3) is 0 Å². The van der Waals surface area contributed by atoms with Crippen LogP contribution in [0, 0.1) is 0 Å². The molecule has 0 radical (unpaired) electrons. The molecule has 1 unspecified atom stereocenters. The molecule has 64 valence electrons. The van der Waals surface area contributed by atoms with Crippen molar-refractivity contribution in [2.75, 3.05) is 5.75 Å². The molecule has 1 atom stereocenters. The van der Waals surface area contributed by atoms with E-state index >= 15 is 0 Å². The third kappa shape index (κ3) is 2.39. The van der Waals surface area contributed by atoms with Crippen LogP contribution >= 0.6 is 11.8 Å². The topological polar surface area (TPSA) is 17.1 Å². The normalized spacial score (nSPS) is 27.2. The van der Waals surface area contributed by atoms with Crippen LogP contribution in [0.4, 0.5) is 13.2 Å². The summed E-state index contributed by atoms with van der Waals surface area (Å²) >= 11 is 0.828. The molecule has 1 aliphatic rings. The molecule has 0 aromatic rings. The van der Waals surface area contributed by atoms with Crippen LogP contribution in [0.1, 0.15) is 12.8 Å². The van der Waals surface area contributed by atoms with Crippen LogP contribution in [-0.2, 0) is 4.79 Å². The molecule has 1 aliphatic heterocycles. The lowest BCUT2D eigenvalue weighted by atomic mass is 10.1. The molecule has 0 spiro atoms. The molecule has 1 rings (SSSR count). The van der Waals surface area contributed by atoms with Gasteiger partial charge in [-0.1, -0.05) is 0 Å². The summed E-state index contributed by atoms with van der Waals surface area (Å²) in [5.74, 6) is 0.0364. The number of hydrogen-bond acceptors (Lipinski definition) is 2. The summed E-state index contributed by atoms with van der Waals surface area (Å²) in [5.41, 5.74) is 0. The Balaban J connectivity index is 2.53. The van der Waals surface area contributed by atoms with Gasteiger partial charge in [-0.15, -0.1) is 11.8 Å². The van der Waals surface area contributed by atoms with Crippen molar-refractivity contribution in [1.29, 1.82) is 0 Å². The molecule has 1 heterocycles. The van der Waals surface area contributed by atoms with Crippen molar-refractivity contribution in [3.8, 4) is 0 Å². The highest BCUT2D eigenvalue weighted by molar-refractivity contribution is 8.00. The minimum Gasteiger partial charge on any atom is -0.300 e. The Bertz CT molecular complexity index is 166. The van der Waals surface area contributed by atoms with Gasteiger partial charge < -0.3 is 0 Å². The Labute approximate surface area is 66.3 Å². The maximum atomic E-state index is 11.9. The smallest absolute Gasteiger partial charge is 0.300 e. The van der Waals surface area contributed by atoms with E-state index in [0.29, 0.717) is 5.75 Å². The Morgan fingerprint density at radius 1 is 1.45 bits per heavy atom. The number of carbonyl (C=O) groups excluding carboxylic acids is 1. The zero-order valence-electron chi connectivity index (χ0n) is 5.65. The predicted octanol–water partition coefficient (Wildman–Crippen LogP) is 2.01. The van der Waals surface area contributed by atoms with Crippen LogP contribution < -0.4 is 0 Å². The van der Waals surface area contributed by atoms with E-state index < -0.39 is 11.4 Å². The number of halogens is 3. The average molecular weight is 184 g/mol. The van der Waals surface area contributed by atoms with Gasteiger partial charge in [-0.3, -0.25) is 4.79 Å². The molecule has 5 heteroatoms. The summed E-state index contributed by atoms with van der Waals surface area (Å²) in [6.07, 6.45) is -4.26. The van der Waals surface area contributed by atoms with E-state index in [0.717, 1.165) is 11.8 Å². The lowest BCUT2D eigenvalue weighted by Gasteiger charge is -2.22. The number of ketones is 1. The first-order valence-corrected chi connectivity index (χ1v) is 4.25. The van der Waals surface area contributed by atoms with Crippen LogP contribution in [0.15, 0.2) is 0 Å². The van der Waals surface area contributed by atoms with Crippen molar-refractivity contribution in [2.24, 2.45) is 0 Å². The molecule has 1 fully saturated rings. The quantitative estimate of drug-likeness (QED) is 0.572. The summed E-state index contributed by atoms with van der Waals surface area (Å²) in [6.45, 7) is 0. The lowest BCUT2D eigenvalue weighted by Crippen LogP contribution is -2.31. The first-order valence-electron chi connectivity index (χ1n) is 3.20. The second-order valence-electron chi connectivity index (χ2n) is 2.39. The van der Waals surface area contributed by atoms with E-state index in [4.69, 9.17) is 0 Å². The van der Waals surface area contributed by atoms with Crippen molar-refractivity contribution in [2.45, 2.75) is 24.3 Å². The van der Waals surface area contributed by atoms with Crippen LogP contribution in [-0.4, -0.2) is 23.0 Å². The highest BCUT2D eigenvalue weighted by atomic mass is 32.2. The number of alkyl halides is 3. The number of Topliss-reactive ketones (excluding diaryl/α,β-unsaturated/α-hetero) is 1. The Hall–Kier alpha value is -0.190. The van der Waals surface area contributed by atoms with E-state index in [2.05, 4.69) is 0 Å². The van der Waals surface area contributed by atoms with E-state index in [1.54, 1.807) is 0 Å². The Kier molecular flexibility index (Phi) is 2.47. The summed E-state index contributed by atoms with van der Waals surface area (Å²) in [5, 5.41) is -1.45.